The van der Waals surface area contributed by atoms with E-state index in [4.69, 9.17) is 13.9 Å². The van der Waals surface area contributed by atoms with Crippen LogP contribution in [-0.2, 0) is 6.54 Å². The molecule has 6 heteroatoms. The van der Waals surface area contributed by atoms with Crippen molar-refractivity contribution in [3.05, 3.63) is 54.4 Å². The SMILES string of the molecule is CCOc1ccccc1NCc1nnc(-c2ccc(OC)cc2)o1. The lowest BCUT2D eigenvalue weighted by Gasteiger charge is -2.10. The summed E-state index contributed by atoms with van der Waals surface area (Å²) >= 11 is 0. The van der Waals surface area contributed by atoms with Crippen LogP contribution in [0, 0.1) is 0 Å². The Morgan fingerprint density at radius 1 is 1.04 bits per heavy atom. The first kappa shape index (κ1) is 15.9. The number of hydrogen-bond donors (Lipinski definition) is 1. The molecule has 24 heavy (non-hydrogen) atoms. The monoisotopic (exact) mass is 325 g/mol. The lowest BCUT2D eigenvalue weighted by molar-refractivity contribution is 0.341. The number of rotatable bonds is 7. The number of ether oxygens (including phenoxy) is 2. The molecule has 2 aromatic carbocycles. The first-order valence-corrected chi connectivity index (χ1v) is 7.72. The summed E-state index contributed by atoms with van der Waals surface area (Å²) in [4.78, 5) is 0. The van der Waals surface area contributed by atoms with Gasteiger partial charge in [0.15, 0.2) is 0 Å². The van der Waals surface area contributed by atoms with Crippen LogP contribution in [0.4, 0.5) is 5.69 Å². The molecule has 1 heterocycles. The van der Waals surface area contributed by atoms with Gasteiger partial charge in [0.25, 0.3) is 0 Å². The van der Waals surface area contributed by atoms with Gasteiger partial charge in [-0.15, -0.1) is 10.2 Å². The summed E-state index contributed by atoms with van der Waals surface area (Å²) in [5.74, 6) is 2.57. The number of nitrogens with one attached hydrogen (secondary N) is 1. The van der Waals surface area contributed by atoms with Crippen LogP contribution in [-0.4, -0.2) is 23.9 Å². The maximum Gasteiger partial charge on any atom is 0.247 e. The zero-order valence-corrected chi connectivity index (χ0v) is 13.7. The van der Waals surface area contributed by atoms with E-state index in [0.29, 0.717) is 24.9 Å². The number of hydrogen-bond acceptors (Lipinski definition) is 6. The Morgan fingerprint density at radius 2 is 1.83 bits per heavy atom. The van der Waals surface area contributed by atoms with Gasteiger partial charge in [-0.05, 0) is 43.3 Å². The smallest absolute Gasteiger partial charge is 0.247 e. The molecule has 1 N–H and O–H groups in total. The van der Waals surface area contributed by atoms with Crippen molar-refractivity contribution in [2.45, 2.75) is 13.5 Å². The molecule has 0 atom stereocenters. The summed E-state index contributed by atoms with van der Waals surface area (Å²) in [7, 11) is 1.63. The van der Waals surface area contributed by atoms with Crippen molar-refractivity contribution in [3.63, 3.8) is 0 Å². The second-order valence-corrected chi connectivity index (χ2v) is 5.01. The zero-order chi connectivity index (χ0) is 16.8. The molecule has 0 bridgehead atoms. The van der Waals surface area contributed by atoms with Gasteiger partial charge < -0.3 is 19.2 Å². The summed E-state index contributed by atoms with van der Waals surface area (Å²) in [5, 5.41) is 11.4. The molecule has 0 unspecified atom stereocenters. The van der Waals surface area contributed by atoms with Gasteiger partial charge in [0.05, 0.1) is 25.9 Å². The molecule has 3 rings (SSSR count). The Hall–Kier alpha value is -3.02. The lowest BCUT2D eigenvalue weighted by Crippen LogP contribution is -2.02. The fourth-order valence-corrected chi connectivity index (χ4v) is 2.24. The van der Waals surface area contributed by atoms with Crippen molar-refractivity contribution in [1.82, 2.24) is 10.2 Å². The van der Waals surface area contributed by atoms with E-state index >= 15 is 0 Å². The van der Waals surface area contributed by atoms with E-state index in [1.165, 1.54) is 0 Å². The van der Waals surface area contributed by atoms with Crippen LogP contribution in [0.25, 0.3) is 11.5 Å². The summed E-state index contributed by atoms with van der Waals surface area (Å²) in [6, 6.07) is 15.2. The minimum atomic E-state index is 0.424. The van der Waals surface area contributed by atoms with Crippen LogP contribution in [0.15, 0.2) is 52.9 Å². The first-order chi connectivity index (χ1) is 11.8. The molecule has 0 aliphatic rings. The third kappa shape index (κ3) is 3.65. The second kappa shape index (κ2) is 7.50. The maximum atomic E-state index is 5.70. The molecule has 0 fully saturated rings. The van der Waals surface area contributed by atoms with Crippen molar-refractivity contribution in [2.75, 3.05) is 19.0 Å². The number of benzene rings is 2. The highest BCUT2D eigenvalue weighted by atomic mass is 16.5. The van der Waals surface area contributed by atoms with Gasteiger partial charge in [0.1, 0.15) is 11.5 Å². The molecule has 0 radical (unpaired) electrons. The van der Waals surface area contributed by atoms with E-state index < -0.39 is 0 Å². The molecule has 6 nitrogen and oxygen atoms in total. The van der Waals surface area contributed by atoms with Gasteiger partial charge in [0.2, 0.25) is 11.8 Å². The molecule has 0 saturated heterocycles. The summed E-state index contributed by atoms with van der Waals surface area (Å²) in [6.07, 6.45) is 0. The molecule has 124 valence electrons. The summed E-state index contributed by atoms with van der Waals surface area (Å²) in [5.41, 5.74) is 1.74. The van der Waals surface area contributed by atoms with Crippen molar-refractivity contribution in [3.8, 4) is 23.0 Å². The predicted molar refractivity (Wildman–Crippen MR) is 91.2 cm³/mol. The molecule has 0 saturated carbocycles. The van der Waals surface area contributed by atoms with E-state index in [1.807, 2.05) is 55.5 Å². The van der Waals surface area contributed by atoms with Gasteiger partial charge in [-0.3, -0.25) is 0 Å². The van der Waals surface area contributed by atoms with E-state index in [1.54, 1.807) is 7.11 Å². The standard InChI is InChI=1S/C18H19N3O3/c1-3-23-16-7-5-4-6-15(16)19-12-17-20-21-18(24-17)13-8-10-14(22-2)11-9-13/h4-11,19H,3,12H2,1-2H3. The Kier molecular flexibility index (Phi) is 4.96. The quantitative estimate of drug-likeness (QED) is 0.713. The summed E-state index contributed by atoms with van der Waals surface area (Å²) in [6.45, 7) is 2.99. The molecule has 0 amide bonds. The molecule has 1 aromatic heterocycles. The van der Waals surface area contributed by atoms with Crippen molar-refractivity contribution in [1.29, 1.82) is 0 Å². The number of methoxy groups -OCH3 is 1. The largest absolute Gasteiger partial charge is 0.497 e. The topological polar surface area (TPSA) is 69.4 Å². The van der Waals surface area contributed by atoms with E-state index in [2.05, 4.69) is 15.5 Å². The first-order valence-electron chi connectivity index (χ1n) is 7.72. The Morgan fingerprint density at radius 3 is 2.58 bits per heavy atom. The Labute approximate surface area is 140 Å². The Bertz CT molecular complexity index is 784. The number of aromatic nitrogens is 2. The van der Waals surface area contributed by atoms with Crippen molar-refractivity contribution in [2.24, 2.45) is 0 Å². The third-order valence-corrected chi connectivity index (χ3v) is 3.42. The van der Waals surface area contributed by atoms with E-state index in [0.717, 1.165) is 22.7 Å². The van der Waals surface area contributed by atoms with Gasteiger partial charge in [-0.1, -0.05) is 12.1 Å². The molecule has 0 aliphatic carbocycles. The van der Waals surface area contributed by atoms with E-state index in [-0.39, 0.29) is 0 Å². The third-order valence-electron chi connectivity index (χ3n) is 3.42. The minimum absolute atomic E-state index is 0.424. The van der Waals surface area contributed by atoms with Gasteiger partial charge in [-0.2, -0.15) is 0 Å². The average Bonchev–Trinajstić information content (AvgIpc) is 3.10. The fraction of sp³-hybridized carbons (Fsp3) is 0.222. The second-order valence-electron chi connectivity index (χ2n) is 5.01. The van der Waals surface area contributed by atoms with Crippen molar-refractivity contribution < 1.29 is 13.9 Å². The molecule has 0 spiro atoms. The molecule has 0 aliphatic heterocycles. The predicted octanol–water partition coefficient (Wildman–Crippen LogP) is 3.76. The molecular formula is C18H19N3O3. The average molecular weight is 325 g/mol. The van der Waals surface area contributed by atoms with Gasteiger partial charge in [0, 0.05) is 5.56 Å². The number of nitrogens with zero attached hydrogens (tertiary/aromatic N) is 2. The van der Waals surface area contributed by atoms with E-state index in [9.17, 15) is 0 Å². The van der Waals surface area contributed by atoms with Gasteiger partial charge >= 0.3 is 0 Å². The molecule has 3 aromatic rings. The number of anilines is 1. The van der Waals surface area contributed by atoms with Crippen LogP contribution in [0.5, 0.6) is 11.5 Å². The van der Waals surface area contributed by atoms with Crippen LogP contribution in [0.3, 0.4) is 0 Å². The lowest BCUT2D eigenvalue weighted by atomic mass is 10.2. The van der Waals surface area contributed by atoms with Crippen LogP contribution >= 0.6 is 0 Å². The minimum Gasteiger partial charge on any atom is -0.497 e. The fourth-order valence-electron chi connectivity index (χ4n) is 2.24. The van der Waals surface area contributed by atoms with Gasteiger partial charge in [-0.25, -0.2) is 0 Å². The Balaban J connectivity index is 1.68. The zero-order valence-electron chi connectivity index (χ0n) is 13.7. The van der Waals surface area contributed by atoms with Crippen LogP contribution in [0.2, 0.25) is 0 Å². The maximum absolute atomic E-state index is 5.70. The van der Waals surface area contributed by atoms with Crippen LogP contribution in [0.1, 0.15) is 12.8 Å². The van der Waals surface area contributed by atoms with Crippen LogP contribution < -0.4 is 14.8 Å². The highest BCUT2D eigenvalue weighted by Crippen LogP contribution is 2.25. The normalized spacial score (nSPS) is 10.4. The molecular weight excluding hydrogens is 306 g/mol. The van der Waals surface area contributed by atoms with Crippen molar-refractivity contribution >= 4 is 5.69 Å². The number of para-hydroxylation sites is 2. The summed E-state index contributed by atoms with van der Waals surface area (Å²) < 4.78 is 16.4. The highest BCUT2D eigenvalue weighted by Gasteiger charge is 2.09. The highest BCUT2D eigenvalue weighted by molar-refractivity contribution is 5.56.